The van der Waals surface area contributed by atoms with Crippen molar-refractivity contribution in [1.29, 1.82) is 0 Å². The molecule has 2 amide bonds. The van der Waals surface area contributed by atoms with Gasteiger partial charge in [0.05, 0.1) is 29.7 Å². The molecule has 2 aromatic rings. The molecule has 1 fully saturated rings. The topological polar surface area (TPSA) is 97.5 Å². The zero-order chi connectivity index (χ0) is 18.0. The quantitative estimate of drug-likeness (QED) is 0.812. The van der Waals surface area contributed by atoms with E-state index in [1.807, 2.05) is 0 Å². The van der Waals surface area contributed by atoms with Crippen molar-refractivity contribution in [3.8, 4) is 0 Å². The molecule has 1 saturated heterocycles. The molecular weight excluding hydrogens is 351 g/mol. The van der Waals surface area contributed by atoms with Crippen molar-refractivity contribution in [2.75, 3.05) is 23.3 Å². The second-order valence-corrected chi connectivity index (χ2v) is 5.73. The van der Waals surface area contributed by atoms with Crippen LogP contribution in [0.4, 0.5) is 20.6 Å². The molecule has 2 heterocycles. The third-order valence-corrected chi connectivity index (χ3v) is 3.85. The Hall–Kier alpha value is -2.71. The van der Waals surface area contributed by atoms with E-state index in [-0.39, 0.29) is 23.8 Å². The summed E-state index contributed by atoms with van der Waals surface area (Å²) < 4.78 is 19.4. The Balaban J connectivity index is 1.76. The summed E-state index contributed by atoms with van der Waals surface area (Å²) in [6.07, 6.45) is 0.329. The van der Waals surface area contributed by atoms with Gasteiger partial charge in [-0.3, -0.25) is 9.69 Å². The number of aromatic nitrogens is 1. The van der Waals surface area contributed by atoms with Gasteiger partial charge in [0.2, 0.25) is 0 Å². The van der Waals surface area contributed by atoms with Gasteiger partial charge in [0.15, 0.2) is 0 Å². The number of carbonyl (C=O) groups excluding carboxylic acids is 2. The minimum Gasteiger partial charge on any atom is -0.443 e. The molecule has 0 unspecified atom stereocenters. The van der Waals surface area contributed by atoms with Gasteiger partial charge in [-0.1, -0.05) is 11.6 Å². The molecule has 7 nitrogen and oxygen atoms in total. The molecule has 1 aromatic carbocycles. The largest absolute Gasteiger partial charge is 0.443 e. The van der Waals surface area contributed by atoms with E-state index in [0.29, 0.717) is 11.4 Å². The van der Waals surface area contributed by atoms with Gasteiger partial charge in [-0.05, 0) is 30.3 Å². The van der Waals surface area contributed by atoms with Crippen LogP contribution in [0.1, 0.15) is 10.4 Å². The second-order valence-electron chi connectivity index (χ2n) is 5.34. The van der Waals surface area contributed by atoms with Crippen LogP contribution in [0.3, 0.4) is 0 Å². The van der Waals surface area contributed by atoms with Crippen LogP contribution < -0.4 is 16.0 Å². The zero-order valence-corrected chi connectivity index (χ0v) is 13.7. The summed E-state index contributed by atoms with van der Waals surface area (Å²) in [5, 5.41) is 2.80. The van der Waals surface area contributed by atoms with E-state index in [4.69, 9.17) is 22.1 Å². The number of pyridine rings is 1. The van der Waals surface area contributed by atoms with E-state index in [1.165, 1.54) is 29.3 Å². The molecule has 25 heavy (non-hydrogen) atoms. The predicted octanol–water partition coefficient (Wildman–Crippen LogP) is 2.41. The maximum absolute atomic E-state index is 14.3. The van der Waals surface area contributed by atoms with E-state index in [9.17, 15) is 14.0 Å². The first-order chi connectivity index (χ1) is 12.0. The van der Waals surface area contributed by atoms with Gasteiger partial charge in [0.1, 0.15) is 17.1 Å². The van der Waals surface area contributed by atoms with Crippen LogP contribution in [0.25, 0.3) is 0 Å². The summed E-state index contributed by atoms with van der Waals surface area (Å²) in [7, 11) is 0. The molecule has 0 bridgehead atoms. The Labute approximate surface area is 147 Å². The first-order valence-electron chi connectivity index (χ1n) is 7.38. The van der Waals surface area contributed by atoms with Crippen molar-refractivity contribution in [1.82, 2.24) is 4.98 Å². The molecule has 130 valence electrons. The summed E-state index contributed by atoms with van der Waals surface area (Å²) in [6.45, 7) is 0.414. The van der Waals surface area contributed by atoms with Crippen LogP contribution in [0.2, 0.25) is 5.15 Å². The lowest BCUT2D eigenvalue weighted by molar-refractivity contribution is 0.102. The standard InChI is InChI=1S/C16H14ClFN4O3/c17-14-4-1-9(7-20-14)21-15(23)12-3-2-10(5-13(12)18)22-8-11(6-19)25-16(22)24/h1-5,7,11H,6,8,19H2,(H,21,23)/t11-/m0/s1. The van der Waals surface area contributed by atoms with Crippen molar-refractivity contribution in [2.45, 2.75) is 6.10 Å². The van der Waals surface area contributed by atoms with E-state index in [1.54, 1.807) is 6.07 Å². The normalized spacial score (nSPS) is 16.7. The van der Waals surface area contributed by atoms with Gasteiger partial charge in [-0.2, -0.15) is 0 Å². The molecule has 1 aliphatic rings. The highest BCUT2D eigenvalue weighted by Gasteiger charge is 2.32. The van der Waals surface area contributed by atoms with Gasteiger partial charge in [0, 0.05) is 6.54 Å². The fourth-order valence-corrected chi connectivity index (χ4v) is 2.47. The van der Waals surface area contributed by atoms with Crippen molar-refractivity contribution >= 4 is 35.0 Å². The van der Waals surface area contributed by atoms with Crippen molar-refractivity contribution < 1.29 is 18.7 Å². The highest BCUT2D eigenvalue weighted by molar-refractivity contribution is 6.29. The molecule has 0 saturated carbocycles. The summed E-state index contributed by atoms with van der Waals surface area (Å²) in [5.74, 6) is -1.40. The number of amides is 2. The number of hydrogen-bond donors (Lipinski definition) is 2. The molecule has 1 atom stereocenters. The number of nitrogens with one attached hydrogen (secondary N) is 1. The highest BCUT2D eigenvalue weighted by Crippen LogP contribution is 2.24. The number of carbonyl (C=O) groups is 2. The van der Waals surface area contributed by atoms with Crippen molar-refractivity contribution in [3.05, 3.63) is 53.1 Å². The third kappa shape index (κ3) is 3.70. The molecule has 1 aromatic heterocycles. The van der Waals surface area contributed by atoms with Crippen molar-refractivity contribution in [2.24, 2.45) is 5.73 Å². The minimum atomic E-state index is -0.763. The number of halogens is 2. The highest BCUT2D eigenvalue weighted by atomic mass is 35.5. The second kappa shape index (κ2) is 7.04. The Morgan fingerprint density at radius 2 is 2.24 bits per heavy atom. The van der Waals surface area contributed by atoms with Crippen LogP contribution >= 0.6 is 11.6 Å². The lowest BCUT2D eigenvalue weighted by Gasteiger charge is -2.14. The van der Waals surface area contributed by atoms with Gasteiger partial charge in [-0.25, -0.2) is 14.2 Å². The molecule has 0 aliphatic carbocycles. The van der Waals surface area contributed by atoms with Crippen LogP contribution in [0.5, 0.6) is 0 Å². The maximum Gasteiger partial charge on any atom is 0.414 e. The van der Waals surface area contributed by atoms with Gasteiger partial charge in [0.25, 0.3) is 5.91 Å². The Morgan fingerprint density at radius 3 is 2.84 bits per heavy atom. The Morgan fingerprint density at radius 1 is 1.44 bits per heavy atom. The molecule has 3 N–H and O–H groups in total. The maximum atomic E-state index is 14.3. The van der Waals surface area contributed by atoms with Crippen LogP contribution in [0.15, 0.2) is 36.5 Å². The van der Waals surface area contributed by atoms with Crippen LogP contribution in [-0.2, 0) is 4.74 Å². The molecular formula is C16H14ClFN4O3. The van der Waals surface area contributed by atoms with Gasteiger partial charge < -0.3 is 15.8 Å². The number of nitrogens with two attached hydrogens (primary N) is 1. The first-order valence-corrected chi connectivity index (χ1v) is 7.76. The molecule has 0 spiro atoms. The first kappa shape index (κ1) is 17.1. The number of cyclic esters (lactones) is 1. The third-order valence-electron chi connectivity index (χ3n) is 3.63. The predicted molar refractivity (Wildman–Crippen MR) is 90.3 cm³/mol. The summed E-state index contributed by atoms with van der Waals surface area (Å²) in [5.41, 5.74) is 5.98. The average Bonchev–Trinajstić information content (AvgIpc) is 2.97. The Bertz CT molecular complexity index is 816. The minimum absolute atomic E-state index is 0.165. The van der Waals surface area contributed by atoms with E-state index in [0.717, 1.165) is 6.07 Å². The average molecular weight is 365 g/mol. The SMILES string of the molecule is NC[C@H]1CN(c2ccc(C(=O)Nc3ccc(Cl)nc3)c(F)c2)C(=O)O1. The lowest BCUT2D eigenvalue weighted by atomic mass is 10.1. The summed E-state index contributed by atoms with van der Waals surface area (Å²) in [4.78, 5) is 29.0. The van der Waals surface area contributed by atoms with Crippen LogP contribution in [0, 0.1) is 5.82 Å². The van der Waals surface area contributed by atoms with Gasteiger partial charge >= 0.3 is 6.09 Å². The van der Waals surface area contributed by atoms with E-state index in [2.05, 4.69) is 10.3 Å². The monoisotopic (exact) mass is 364 g/mol. The number of ether oxygens (including phenoxy) is 1. The zero-order valence-electron chi connectivity index (χ0n) is 12.9. The molecule has 3 rings (SSSR count). The van der Waals surface area contributed by atoms with Crippen molar-refractivity contribution in [3.63, 3.8) is 0 Å². The fourth-order valence-electron chi connectivity index (χ4n) is 2.36. The van der Waals surface area contributed by atoms with E-state index < -0.39 is 23.9 Å². The number of rotatable bonds is 4. The summed E-state index contributed by atoms with van der Waals surface area (Å²) in [6, 6.07) is 6.93. The smallest absolute Gasteiger partial charge is 0.414 e. The lowest BCUT2D eigenvalue weighted by Crippen LogP contribution is -2.27. The number of benzene rings is 1. The summed E-state index contributed by atoms with van der Waals surface area (Å²) >= 11 is 5.67. The van der Waals surface area contributed by atoms with Gasteiger partial charge in [-0.15, -0.1) is 0 Å². The number of hydrogen-bond acceptors (Lipinski definition) is 5. The van der Waals surface area contributed by atoms with Crippen LogP contribution in [-0.4, -0.2) is 36.2 Å². The fraction of sp³-hybridized carbons (Fsp3) is 0.188. The number of nitrogens with zero attached hydrogens (tertiary/aromatic N) is 2. The number of anilines is 2. The van der Waals surface area contributed by atoms with E-state index >= 15 is 0 Å². The Kier molecular flexibility index (Phi) is 4.82. The molecule has 0 radical (unpaired) electrons. The molecule has 9 heteroatoms. The molecule has 1 aliphatic heterocycles.